The summed E-state index contributed by atoms with van der Waals surface area (Å²) in [6.45, 7) is 2.17. The Hall–Kier alpha value is -1.06. The van der Waals surface area contributed by atoms with E-state index in [4.69, 9.17) is 5.73 Å². The number of rotatable bonds is 12. The summed E-state index contributed by atoms with van der Waals surface area (Å²) in [5.74, 6) is 0.522. The van der Waals surface area contributed by atoms with Crippen molar-refractivity contribution in [1.82, 2.24) is 0 Å². The number of unbranched alkanes of at least 4 members (excludes halogenated alkanes) is 5. The molecule has 0 aliphatic heterocycles. The summed E-state index contributed by atoms with van der Waals surface area (Å²) in [5, 5.41) is 20.1. The molecule has 0 heterocycles. The first-order valence-electron chi connectivity index (χ1n) is 9.28. The summed E-state index contributed by atoms with van der Waals surface area (Å²) in [5.41, 5.74) is 5.33. The van der Waals surface area contributed by atoms with Crippen molar-refractivity contribution in [2.24, 2.45) is 17.6 Å². The van der Waals surface area contributed by atoms with Crippen LogP contribution in [0.5, 0.6) is 0 Å². The van der Waals surface area contributed by atoms with Crippen LogP contribution in [-0.2, 0) is 0 Å². The molecule has 1 rings (SSSR count). The Labute approximate surface area is 142 Å². The molecule has 1 aliphatic rings. The van der Waals surface area contributed by atoms with Gasteiger partial charge in [0, 0.05) is 5.92 Å². The average Bonchev–Trinajstić information content (AvgIpc) is 2.89. The molecule has 0 aromatic rings. The number of hydrogen-bond acceptors (Lipinski definition) is 3. The third-order valence-corrected chi connectivity index (χ3v) is 4.67. The van der Waals surface area contributed by atoms with Gasteiger partial charge in [0.25, 0.3) is 0 Å². The van der Waals surface area contributed by atoms with E-state index < -0.39 is 0 Å². The molecule has 132 valence electrons. The van der Waals surface area contributed by atoms with E-state index >= 15 is 0 Å². The summed E-state index contributed by atoms with van der Waals surface area (Å²) in [4.78, 5) is 0. The molecule has 0 amide bonds. The van der Waals surface area contributed by atoms with Gasteiger partial charge in [-0.05, 0) is 37.8 Å². The second-order valence-electron chi connectivity index (χ2n) is 6.63. The van der Waals surface area contributed by atoms with Gasteiger partial charge in [-0.1, -0.05) is 69.4 Å². The molecular formula is C20H35NO2. The third-order valence-electron chi connectivity index (χ3n) is 4.67. The lowest BCUT2D eigenvalue weighted by atomic mass is 9.88. The van der Waals surface area contributed by atoms with Crippen molar-refractivity contribution in [2.45, 2.75) is 76.9 Å². The Morgan fingerprint density at radius 1 is 1.13 bits per heavy atom. The highest BCUT2D eigenvalue weighted by molar-refractivity contribution is 5.14. The normalized spacial score (nSPS) is 25.8. The maximum Gasteiger partial charge on any atom is 0.0757 e. The summed E-state index contributed by atoms with van der Waals surface area (Å²) in [6.07, 6.45) is 20.7. The molecule has 0 saturated carbocycles. The predicted molar refractivity (Wildman–Crippen MR) is 97.8 cm³/mol. The van der Waals surface area contributed by atoms with Crippen LogP contribution in [0.1, 0.15) is 64.7 Å². The molecule has 0 aromatic carbocycles. The maximum absolute atomic E-state index is 10.1. The van der Waals surface area contributed by atoms with Crippen LogP contribution in [0.3, 0.4) is 0 Å². The fourth-order valence-corrected chi connectivity index (χ4v) is 3.20. The number of allylic oxidation sites excluding steroid dienone is 3. The van der Waals surface area contributed by atoms with Crippen molar-refractivity contribution in [3.8, 4) is 0 Å². The van der Waals surface area contributed by atoms with Crippen LogP contribution in [-0.4, -0.2) is 22.4 Å². The summed E-state index contributed by atoms with van der Waals surface area (Å²) in [7, 11) is 0. The standard InChI is InChI=1S/C20H35NO2/c1-2-3-7-10-18(22)14-12-17-13-15-20(23)19(17)11-8-5-4-6-9-16-21/h9,12-20,22-23H,2-8,10-11,21H2,1H3/b14-12+,16-9?. The minimum Gasteiger partial charge on any atom is -0.405 e. The van der Waals surface area contributed by atoms with Gasteiger partial charge in [-0.25, -0.2) is 0 Å². The molecule has 3 heteroatoms. The van der Waals surface area contributed by atoms with Gasteiger partial charge in [-0.15, -0.1) is 0 Å². The molecule has 1 aliphatic carbocycles. The Bertz CT molecular complexity index is 376. The fraction of sp³-hybridized carbons (Fsp3) is 0.700. The first-order valence-corrected chi connectivity index (χ1v) is 9.28. The lowest BCUT2D eigenvalue weighted by Gasteiger charge is -2.20. The topological polar surface area (TPSA) is 66.5 Å². The predicted octanol–water partition coefficient (Wildman–Crippen LogP) is 4.07. The van der Waals surface area contributed by atoms with Crippen molar-refractivity contribution < 1.29 is 10.2 Å². The quantitative estimate of drug-likeness (QED) is 0.375. The van der Waals surface area contributed by atoms with E-state index in [2.05, 4.69) is 19.1 Å². The lowest BCUT2D eigenvalue weighted by Crippen LogP contribution is -2.19. The van der Waals surface area contributed by atoms with Crippen LogP contribution >= 0.6 is 0 Å². The van der Waals surface area contributed by atoms with Gasteiger partial charge in [0.1, 0.15) is 0 Å². The Morgan fingerprint density at radius 3 is 2.70 bits per heavy atom. The Morgan fingerprint density at radius 2 is 1.96 bits per heavy atom. The Balaban J connectivity index is 2.31. The van der Waals surface area contributed by atoms with E-state index in [-0.39, 0.29) is 24.0 Å². The molecule has 0 bridgehead atoms. The van der Waals surface area contributed by atoms with Gasteiger partial charge in [0.05, 0.1) is 12.2 Å². The van der Waals surface area contributed by atoms with Gasteiger partial charge in [-0.2, -0.15) is 0 Å². The molecule has 0 fully saturated rings. The van der Waals surface area contributed by atoms with E-state index in [1.54, 1.807) is 6.20 Å². The van der Waals surface area contributed by atoms with E-state index in [1.165, 1.54) is 19.3 Å². The highest BCUT2D eigenvalue weighted by Gasteiger charge is 2.28. The minimum atomic E-state index is -0.351. The van der Waals surface area contributed by atoms with Crippen molar-refractivity contribution in [3.05, 3.63) is 36.6 Å². The van der Waals surface area contributed by atoms with Gasteiger partial charge < -0.3 is 15.9 Å². The molecular weight excluding hydrogens is 286 g/mol. The van der Waals surface area contributed by atoms with Crippen LogP contribution in [0.15, 0.2) is 36.6 Å². The van der Waals surface area contributed by atoms with Crippen LogP contribution in [0.2, 0.25) is 0 Å². The van der Waals surface area contributed by atoms with Gasteiger partial charge in [-0.3, -0.25) is 0 Å². The highest BCUT2D eigenvalue weighted by atomic mass is 16.3. The van der Waals surface area contributed by atoms with Gasteiger partial charge in [0.15, 0.2) is 0 Å². The van der Waals surface area contributed by atoms with Crippen molar-refractivity contribution in [2.75, 3.05) is 0 Å². The minimum absolute atomic E-state index is 0.259. The monoisotopic (exact) mass is 321 g/mol. The fourth-order valence-electron chi connectivity index (χ4n) is 3.20. The lowest BCUT2D eigenvalue weighted by molar-refractivity contribution is 0.142. The molecule has 0 radical (unpaired) electrons. The van der Waals surface area contributed by atoms with Crippen molar-refractivity contribution >= 4 is 0 Å². The number of aliphatic hydroxyl groups excluding tert-OH is 2. The molecule has 4 atom stereocenters. The molecule has 3 nitrogen and oxygen atoms in total. The zero-order valence-corrected chi connectivity index (χ0v) is 14.6. The number of nitrogens with two attached hydrogens (primary N) is 1. The second-order valence-corrected chi connectivity index (χ2v) is 6.63. The Kier molecular flexibility index (Phi) is 10.8. The largest absolute Gasteiger partial charge is 0.405 e. The summed E-state index contributed by atoms with van der Waals surface area (Å²) >= 11 is 0. The molecule has 0 spiro atoms. The van der Waals surface area contributed by atoms with E-state index in [0.717, 1.165) is 38.5 Å². The molecule has 0 aromatic heterocycles. The molecule has 4 N–H and O–H groups in total. The SMILES string of the molecule is CCCCCC(O)/C=C/C1C=CC(O)C1CCCCCC=CN. The van der Waals surface area contributed by atoms with Crippen LogP contribution in [0.25, 0.3) is 0 Å². The van der Waals surface area contributed by atoms with Crippen LogP contribution < -0.4 is 5.73 Å². The van der Waals surface area contributed by atoms with Crippen LogP contribution in [0, 0.1) is 11.8 Å². The molecule has 23 heavy (non-hydrogen) atoms. The van der Waals surface area contributed by atoms with Crippen molar-refractivity contribution in [3.63, 3.8) is 0 Å². The molecule has 0 saturated heterocycles. The third kappa shape index (κ3) is 8.38. The zero-order valence-electron chi connectivity index (χ0n) is 14.6. The van der Waals surface area contributed by atoms with Crippen LogP contribution in [0.4, 0.5) is 0 Å². The first-order chi connectivity index (χ1) is 11.2. The van der Waals surface area contributed by atoms with E-state index in [1.807, 2.05) is 18.2 Å². The highest BCUT2D eigenvalue weighted by Crippen LogP contribution is 2.31. The average molecular weight is 322 g/mol. The zero-order chi connectivity index (χ0) is 16.9. The van der Waals surface area contributed by atoms with E-state index in [9.17, 15) is 10.2 Å². The smallest absolute Gasteiger partial charge is 0.0757 e. The van der Waals surface area contributed by atoms with E-state index in [0.29, 0.717) is 0 Å². The first kappa shape index (κ1) is 20.0. The van der Waals surface area contributed by atoms with Crippen molar-refractivity contribution in [1.29, 1.82) is 0 Å². The van der Waals surface area contributed by atoms with Gasteiger partial charge in [0.2, 0.25) is 0 Å². The second kappa shape index (κ2) is 12.4. The van der Waals surface area contributed by atoms with Gasteiger partial charge >= 0.3 is 0 Å². The molecule has 4 unspecified atom stereocenters. The summed E-state index contributed by atoms with van der Waals surface area (Å²) < 4.78 is 0. The summed E-state index contributed by atoms with van der Waals surface area (Å²) in [6, 6.07) is 0. The number of hydrogen-bond donors (Lipinski definition) is 3. The maximum atomic E-state index is 10.1. The number of aliphatic hydroxyl groups is 2.